The van der Waals surface area contributed by atoms with E-state index in [9.17, 15) is 14.4 Å². The topological polar surface area (TPSA) is 79.0 Å². The lowest BCUT2D eigenvalue weighted by molar-refractivity contribution is -0.144. The van der Waals surface area contributed by atoms with Crippen LogP contribution in [0.15, 0.2) is 24.3 Å². The van der Waals surface area contributed by atoms with Gasteiger partial charge >= 0.3 is 0 Å². The molecule has 0 bridgehead atoms. The van der Waals surface area contributed by atoms with E-state index >= 15 is 0 Å². The van der Waals surface area contributed by atoms with Crippen LogP contribution in [0.2, 0.25) is 0 Å². The number of rotatable bonds is 5. The number of carbonyl (C=O) groups excluding carboxylic acids is 3. The monoisotopic (exact) mass is 399 g/mol. The lowest BCUT2D eigenvalue weighted by Crippen LogP contribution is -2.41. The number of benzene rings is 1. The number of hydrogen-bond acceptors (Lipinski definition) is 5. The maximum absolute atomic E-state index is 12.8. The Morgan fingerprint density at radius 1 is 1.03 bits per heavy atom. The highest BCUT2D eigenvalue weighted by atomic mass is 16.5. The molecule has 0 atom stereocenters. The summed E-state index contributed by atoms with van der Waals surface area (Å²) in [6.07, 6.45) is 4.87. The second-order valence-corrected chi connectivity index (χ2v) is 8.44. The molecule has 0 unspecified atom stereocenters. The van der Waals surface area contributed by atoms with Gasteiger partial charge in [0.15, 0.2) is 0 Å². The molecule has 1 saturated carbocycles. The van der Waals surface area contributed by atoms with Crippen LogP contribution in [0.3, 0.4) is 0 Å². The van der Waals surface area contributed by atoms with Gasteiger partial charge in [-0.15, -0.1) is 0 Å². The van der Waals surface area contributed by atoms with E-state index in [1.54, 1.807) is 0 Å². The second kappa shape index (κ2) is 8.63. The van der Waals surface area contributed by atoms with Gasteiger partial charge in [-0.1, -0.05) is 31.4 Å². The van der Waals surface area contributed by atoms with E-state index < -0.39 is 5.41 Å². The Morgan fingerprint density at radius 2 is 1.72 bits per heavy atom. The molecule has 1 spiro atoms. The molecule has 29 heavy (non-hydrogen) atoms. The van der Waals surface area contributed by atoms with Crippen LogP contribution >= 0.6 is 0 Å². The Labute approximate surface area is 171 Å². The molecule has 0 aromatic heterocycles. The van der Waals surface area contributed by atoms with Crippen LogP contribution in [0.25, 0.3) is 0 Å². The zero-order valence-corrected chi connectivity index (χ0v) is 16.8. The minimum Gasteiger partial charge on any atom is -0.379 e. The van der Waals surface area contributed by atoms with Crippen molar-refractivity contribution in [1.29, 1.82) is 0 Å². The molecule has 3 fully saturated rings. The highest BCUT2D eigenvalue weighted by Gasteiger charge is 2.51. The summed E-state index contributed by atoms with van der Waals surface area (Å²) in [5, 5.41) is 2.81. The molecule has 1 N–H and O–H groups in total. The van der Waals surface area contributed by atoms with Crippen molar-refractivity contribution in [1.82, 2.24) is 9.80 Å². The van der Waals surface area contributed by atoms with E-state index in [0.29, 0.717) is 5.69 Å². The highest BCUT2D eigenvalue weighted by molar-refractivity contribution is 6.09. The minimum absolute atomic E-state index is 0.154. The fourth-order valence-electron chi connectivity index (χ4n) is 4.69. The van der Waals surface area contributed by atoms with Crippen molar-refractivity contribution in [3.8, 4) is 0 Å². The summed E-state index contributed by atoms with van der Waals surface area (Å²) in [4.78, 5) is 41.2. The predicted molar refractivity (Wildman–Crippen MR) is 108 cm³/mol. The Morgan fingerprint density at radius 3 is 2.41 bits per heavy atom. The molecule has 3 aliphatic rings. The van der Waals surface area contributed by atoms with Gasteiger partial charge < -0.3 is 10.1 Å². The lowest BCUT2D eigenvalue weighted by atomic mass is 9.73. The first-order valence-corrected chi connectivity index (χ1v) is 10.6. The third kappa shape index (κ3) is 4.51. The van der Waals surface area contributed by atoms with Gasteiger partial charge in [-0.3, -0.25) is 24.2 Å². The predicted octanol–water partition coefficient (Wildman–Crippen LogP) is 2.17. The van der Waals surface area contributed by atoms with Gasteiger partial charge in [0.05, 0.1) is 18.6 Å². The number of nitrogens with one attached hydrogen (secondary N) is 1. The second-order valence-electron chi connectivity index (χ2n) is 8.44. The number of amides is 3. The standard InChI is InChI=1S/C22H29N3O4/c26-19(16-25-20(27)14-22(21(25)28)8-2-1-3-9-22)23-18-6-4-17(5-7-18)15-24-10-12-29-13-11-24/h4-7H,1-3,8-16H2,(H,23,26). The molecule has 7 nitrogen and oxygen atoms in total. The first kappa shape index (κ1) is 20.0. The summed E-state index contributed by atoms with van der Waals surface area (Å²) in [5.74, 6) is -0.702. The maximum atomic E-state index is 12.8. The average molecular weight is 399 g/mol. The Balaban J connectivity index is 1.31. The molecule has 1 aliphatic carbocycles. The number of likely N-dealkylation sites (tertiary alicyclic amines) is 1. The molecular weight excluding hydrogens is 370 g/mol. The van der Waals surface area contributed by atoms with E-state index in [-0.39, 0.29) is 30.7 Å². The van der Waals surface area contributed by atoms with Crippen LogP contribution in [-0.2, 0) is 25.7 Å². The van der Waals surface area contributed by atoms with E-state index in [1.807, 2.05) is 24.3 Å². The Hall–Kier alpha value is -2.25. The van der Waals surface area contributed by atoms with Crippen molar-refractivity contribution in [2.75, 3.05) is 38.2 Å². The quantitative estimate of drug-likeness (QED) is 0.768. The highest BCUT2D eigenvalue weighted by Crippen LogP contribution is 2.45. The molecule has 3 amide bonds. The molecule has 156 valence electrons. The first-order chi connectivity index (χ1) is 14.1. The third-order valence-corrected chi connectivity index (χ3v) is 6.35. The van der Waals surface area contributed by atoms with Crippen molar-refractivity contribution in [3.05, 3.63) is 29.8 Å². The van der Waals surface area contributed by atoms with Crippen LogP contribution in [-0.4, -0.2) is 60.4 Å². The Kier molecular flexibility index (Phi) is 5.96. The minimum atomic E-state index is -0.545. The number of imide groups is 1. The van der Waals surface area contributed by atoms with Crippen molar-refractivity contribution in [2.45, 2.75) is 45.1 Å². The molecular formula is C22H29N3O4. The lowest BCUT2D eigenvalue weighted by Gasteiger charge is -2.30. The van der Waals surface area contributed by atoms with Crippen LogP contribution < -0.4 is 5.32 Å². The Bertz CT molecular complexity index is 765. The number of hydrogen-bond donors (Lipinski definition) is 1. The largest absolute Gasteiger partial charge is 0.379 e. The summed E-state index contributed by atoms with van der Waals surface area (Å²) in [6.45, 7) is 4.05. The molecule has 7 heteroatoms. The summed E-state index contributed by atoms with van der Waals surface area (Å²) < 4.78 is 5.37. The number of ether oxygens (including phenoxy) is 1. The van der Waals surface area contributed by atoms with Crippen LogP contribution in [0.5, 0.6) is 0 Å². The zero-order valence-electron chi connectivity index (χ0n) is 16.8. The van der Waals surface area contributed by atoms with Crippen molar-refractivity contribution in [2.24, 2.45) is 5.41 Å². The van der Waals surface area contributed by atoms with Gasteiger partial charge in [-0.2, -0.15) is 0 Å². The first-order valence-electron chi connectivity index (χ1n) is 10.6. The van der Waals surface area contributed by atoms with Gasteiger partial charge in [0.1, 0.15) is 6.54 Å². The molecule has 1 aromatic rings. The van der Waals surface area contributed by atoms with Gasteiger partial charge in [0.2, 0.25) is 17.7 Å². The fraction of sp³-hybridized carbons (Fsp3) is 0.591. The molecule has 2 heterocycles. The summed E-state index contributed by atoms with van der Waals surface area (Å²) in [7, 11) is 0. The smallest absolute Gasteiger partial charge is 0.244 e. The molecule has 0 radical (unpaired) electrons. The van der Waals surface area contributed by atoms with Crippen molar-refractivity contribution >= 4 is 23.4 Å². The number of carbonyl (C=O) groups is 3. The van der Waals surface area contributed by atoms with Crippen LogP contribution in [0.1, 0.15) is 44.1 Å². The van der Waals surface area contributed by atoms with E-state index in [1.165, 1.54) is 5.56 Å². The van der Waals surface area contributed by atoms with E-state index in [2.05, 4.69) is 10.2 Å². The molecule has 2 saturated heterocycles. The van der Waals surface area contributed by atoms with E-state index in [4.69, 9.17) is 4.74 Å². The third-order valence-electron chi connectivity index (χ3n) is 6.35. The van der Waals surface area contributed by atoms with E-state index in [0.717, 1.165) is 69.9 Å². The number of nitrogens with zero attached hydrogens (tertiary/aromatic N) is 2. The van der Waals surface area contributed by atoms with Crippen molar-refractivity contribution in [3.63, 3.8) is 0 Å². The molecule has 1 aromatic carbocycles. The van der Waals surface area contributed by atoms with Gasteiger partial charge in [0.25, 0.3) is 0 Å². The normalized spacial score (nSPS) is 22.3. The molecule has 4 rings (SSSR count). The maximum Gasteiger partial charge on any atom is 0.244 e. The van der Waals surface area contributed by atoms with Crippen molar-refractivity contribution < 1.29 is 19.1 Å². The van der Waals surface area contributed by atoms with Gasteiger partial charge in [-0.05, 0) is 30.5 Å². The summed E-state index contributed by atoms with van der Waals surface area (Å²) in [5.41, 5.74) is 1.30. The summed E-state index contributed by atoms with van der Waals surface area (Å²) in [6, 6.07) is 7.72. The fourth-order valence-corrected chi connectivity index (χ4v) is 4.69. The average Bonchev–Trinajstić information content (AvgIpc) is 2.95. The summed E-state index contributed by atoms with van der Waals surface area (Å²) >= 11 is 0. The zero-order chi connectivity index (χ0) is 20.3. The van der Waals surface area contributed by atoms with Gasteiger partial charge in [-0.25, -0.2) is 0 Å². The van der Waals surface area contributed by atoms with Crippen LogP contribution in [0.4, 0.5) is 5.69 Å². The molecule has 2 aliphatic heterocycles. The van der Waals surface area contributed by atoms with Gasteiger partial charge in [0, 0.05) is 31.7 Å². The SMILES string of the molecule is O=C(CN1C(=O)CC2(CCCCC2)C1=O)Nc1ccc(CN2CCOCC2)cc1. The number of morpholine rings is 1. The number of anilines is 1. The van der Waals surface area contributed by atoms with Crippen LogP contribution in [0, 0.1) is 5.41 Å².